The van der Waals surface area contributed by atoms with E-state index in [1.54, 1.807) is 18.9 Å². The van der Waals surface area contributed by atoms with E-state index in [9.17, 15) is 29.1 Å². The van der Waals surface area contributed by atoms with E-state index in [0.29, 0.717) is 35.9 Å². The lowest BCUT2D eigenvalue weighted by molar-refractivity contribution is -0.149. The second-order valence-electron chi connectivity index (χ2n) is 16.5. The minimum atomic E-state index is -0.946. The summed E-state index contributed by atoms with van der Waals surface area (Å²) in [6.45, 7) is 14.8. The number of nitrogens with zero attached hydrogens (tertiary/aromatic N) is 3. The van der Waals surface area contributed by atoms with Gasteiger partial charge in [-0.2, -0.15) is 0 Å². The molecular weight excluding hydrogens is 745 g/mol. The summed E-state index contributed by atoms with van der Waals surface area (Å²) in [6.07, 6.45) is 5.35. The van der Waals surface area contributed by atoms with E-state index >= 15 is 0 Å². The van der Waals surface area contributed by atoms with Crippen LogP contribution in [-0.4, -0.2) is 101 Å². The van der Waals surface area contributed by atoms with Gasteiger partial charge in [0, 0.05) is 62.7 Å². The zero-order valence-corrected chi connectivity index (χ0v) is 36.6. The molecule has 12 nitrogen and oxygen atoms in total. The van der Waals surface area contributed by atoms with Gasteiger partial charge in [-0.25, -0.2) is 4.98 Å². The van der Waals surface area contributed by atoms with Gasteiger partial charge in [0.1, 0.15) is 10.7 Å². The van der Waals surface area contributed by atoms with Gasteiger partial charge in [0.25, 0.3) is 5.91 Å². The summed E-state index contributed by atoms with van der Waals surface area (Å²) in [4.78, 5) is 75.8. The van der Waals surface area contributed by atoms with Crippen molar-refractivity contribution in [1.29, 1.82) is 0 Å². The number of rotatable bonds is 24. The molecular formula is C44H68N4O8S. The fourth-order valence-electron chi connectivity index (χ4n) is 7.61. The first-order valence-electron chi connectivity index (χ1n) is 20.9. The molecule has 0 radical (unpaired) electrons. The summed E-state index contributed by atoms with van der Waals surface area (Å²) < 4.78 is 11.8. The van der Waals surface area contributed by atoms with Gasteiger partial charge >= 0.3 is 11.9 Å². The van der Waals surface area contributed by atoms with Crippen molar-refractivity contribution in [2.75, 3.05) is 33.9 Å². The first-order valence-corrected chi connectivity index (χ1v) is 21.7. The minimum Gasteiger partial charge on any atom is -0.481 e. The van der Waals surface area contributed by atoms with Crippen molar-refractivity contribution in [3.8, 4) is 0 Å². The van der Waals surface area contributed by atoms with Crippen LogP contribution in [0.5, 0.6) is 0 Å². The molecule has 0 aliphatic carbocycles. The van der Waals surface area contributed by atoms with Crippen LogP contribution >= 0.6 is 11.3 Å². The molecule has 3 rings (SSSR count). The Morgan fingerprint density at radius 1 is 1.02 bits per heavy atom. The number of esters is 1. The minimum absolute atomic E-state index is 0.0471. The molecule has 57 heavy (non-hydrogen) atoms. The third kappa shape index (κ3) is 14.9. The molecule has 0 unspecified atom stereocenters. The van der Waals surface area contributed by atoms with Gasteiger partial charge < -0.3 is 24.8 Å². The number of carbonyl (C=O) groups is 5. The monoisotopic (exact) mass is 812 g/mol. The van der Waals surface area contributed by atoms with Crippen molar-refractivity contribution in [2.24, 2.45) is 23.7 Å². The molecule has 2 aromatic rings. The number of likely N-dealkylation sites (tertiary alicyclic amines) is 1. The molecule has 318 valence electrons. The molecule has 2 amide bonds. The fraction of sp³-hybridized carbons (Fsp3) is 0.682. The number of aromatic nitrogens is 1. The normalized spacial score (nSPS) is 17.4. The highest BCUT2D eigenvalue weighted by atomic mass is 32.1. The molecule has 1 fully saturated rings. The number of carboxylic acids is 1. The number of amides is 2. The van der Waals surface area contributed by atoms with Crippen molar-refractivity contribution < 1.29 is 38.6 Å². The van der Waals surface area contributed by atoms with E-state index in [0.717, 1.165) is 44.2 Å². The van der Waals surface area contributed by atoms with E-state index in [1.165, 1.54) is 18.3 Å². The number of piperidine rings is 1. The Morgan fingerprint density at radius 2 is 1.72 bits per heavy atom. The Morgan fingerprint density at radius 3 is 2.32 bits per heavy atom. The average Bonchev–Trinajstić information content (AvgIpc) is 3.59. The number of hydrogen-bond donors (Lipinski definition) is 2. The number of ether oxygens (including phenoxy) is 2. The highest BCUT2D eigenvalue weighted by molar-refractivity contribution is 7.12. The van der Waals surface area contributed by atoms with Crippen molar-refractivity contribution in [1.82, 2.24) is 20.1 Å². The first kappa shape index (κ1) is 47.7. The van der Waals surface area contributed by atoms with Gasteiger partial charge in [-0.05, 0) is 63.1 Å². The Balaban J connectivity index is 1.95. The summed E-state index contributed by atoms with van der Waals surface area (Å²) in [5.41, 5.74) is 1.14. The maximum Gasteiger partial charge on any atom is 0.306 e. The first-order chi connectivity index (χ1) is 27.0. The predicted octanol–water partition coefficient (Wildman–Crippen LogP) is 7.15. The number of likely N-dealkylation sites (N-methyl/N-ethyl adjacent to an activating group) is 1. The van der Waals surface area contributed by atoms with E-state index in [1.807, 2.05) is 65.1 Å². The molecule has 1 aromatic carbocycles. The highest BCUT2D eigenvalue weighted by Crippen LogP contribution is 2.34. The van der Waals surface area contributed by atoms with Gasteiger partial charge in [0.05, 0.1) is 18.6 Å². The molecule has 1 saturated heterocycles. The van der Waals surface area contributed by atoms with E-state index in [4.69, 9.17) is 14.5 Å². The Kier molecular flexibility index (Phi) is 19.8. The zero-order chi connectivity index (χ0) is 42.2. The van der Waals surface area contributed by atoms with Crippen molar-refractivity contribution in [2.45, 2.75) is 137 Å². The van der Waals surface area contributed by atoms with E-state index < -0.39 is 41.8 Å². The smallest absolute Gasteiger partial charge is 0.306 e. The van der Waals surface area contributed by atoms with Crippen molar-refractivity contribution >= 4 is 40.9 Å². The van der Waals surface area contributed by atoms with Crippen LogP contribution < -0.4 is 5.32 Å². The maximum atomic E-state index is 14.3. The van der Waals surface area contributed by atoms with Crippen molar-refractivity contribution in [3.05, 3.63) is 51.5 Å². The number of aliphatic carboxylic acids is 1. The lowest BCUT2D eigenvalue weighted by atomic mass is 9.84. The van der Waals surface area contributed by atoms with Gasteiger partial charge in [0.2, 0.25) is 5.91 Å². The average molecular weight is 813 g/mol. The number of thiazole rings is 1. The standard InChI is InChI=1S/C44H68N4O8S/c1-10-11-22-55-23-20-39-40(41(51)45-33(24-30(6)44(53)54)25-32-17-13-12-14-18-32)46-42(57-39)38(56-31(7)49)27-36(29(4)5)48(9)43(52)34(28(2)3)26-37(50)35-19-15-16-21-47(35)8/h12-14,17-18,28-30,33-36,38H,10-11,15-16,19-27H2,1-9H3,(H,45,51)(H,53,54)/t30-,33+,34-,35+,36+,38+/m0/s1. The quantitative estimate of drug-likeness (QED) is 0.0825. The number of unbranched alkanes of at least 4 members (excludes halogenated alkanes) is 1. The zero-order valence-electron chi connectivity index (χ0n) is 35.8. The Labute approximate surface area is 344 Å². The van der Waals surface area contributed by atoms with E-state index in [-0.39, 0.29) is 60.6 Å². The molecule has 0 spiro atoms. The largest absolute Gasteiger partial charge is 0.481 e. The number of ketones is 1. The van der Waals surface area contributed by atoms with Gasteiger partial charge in [-0.15, -0.1) is 11.3 Å². The van der Waals surface area contributed by atoms with Crippen LogP contribution in [0.1, 0.15) is 132 Å². The Bertz CT molecular complexity index is 1600. The molecule has 0 saturated carbocycles. The summed E-state index contributed by atoms with van der Waals surface area (Å²) >= 11 is 1.28. The van der Waals surface area contributed by atoms with Crippen LogP contribution in [0.2, 0.25) is 0 Å². The molecule has 13 heteroatoms. The summed E-state index contributed by atoms with van der Waals surface area (Å²) in [5.74, 6) is -3.25. The topological polar surface area (TPSA) is 155 Å². The number of carbonyl (C=O) groups excluding carboxylic acids is 4. The fourth-order valence-corrected chi connectivity index (χ4v) is 8.69. The molecule has 2 heterocycles. The van der Waals surface area contributed by atoms with Crippen LogP contribution in [0.15, 0.2) is 30.3 Å². The molecule has 0 bridgehead atoms. The lowest BCUT2D eigenvalue weighted by Gasteiger charge is -2.37. The summed E-state index contributed by atoms with van der Waals surface area (Å²) in [5, 5.41) is 13.2. The molecule has 6 atom stereocenters. The van der Waals surface area contributed by atoms with Crippen LogP contribution in [-0.2, 0) is 41.5 Å². The van der Waals surface area contributed by atoms with Crippen molar-refractivity contribution in [3.63, 3.8) is 0 Å². The Hall–Kier alpha value is -3.68. The third-order valence-electron chi connectivity index (χ3n) is 11.1. The van der Waals surface area contributed by atoms with Crippen LogP contribution in [0.3, 0.4) is 0 Å². The van der Waals surface area contributed by atoms with Crippen LogP contribution in [0.4, 0.5) is 0 Å². The number of Topliss-reactive ketones (excluding diaryl/α,β-unsaturated/α-hetero) is 1. The molecule has 2 N–H and O–H groups in total. The van der Waals surface area contributed by atoms with Gasteiger partial charge in [-0.3, -0.25) is 28.9 Å². The van der Waals surface area contributed by atoms with Gasteiger partial charge in [0.15, 0.2) is 11.9 Å². The van der Waals surface area contributed by atoms with E-state index in [2.05, 4.69) is 17.1 Å². The second-order valence-corrected chi connectivity index (χ2v) is 17.6. The predicted molar refractivity (Wildman–Crippen MR) is 223 cm³/mol. The lowest BCUT2D eigenvalue weighted by Crippen LogP contribution is -2.48. The molecule has 1 aromatic heterocycles. The van der Waals surface area contributed by atoms with Crippen LogP contribution in [0, 0.1) is 23.7 Å². The highest BCUT2D eigenvalue weighted by Gasteiger charge is 2.37. The SMILES string of the molecule is CCCCOCCc1sc([C@@H](C[C@H](C(C)C)N(C)C(=O)[C@@H](CC(=O)[C@H]2CCCCN2C)C(C)C)OC(C)=O)nc1C(=O)N[C@@H](Cc1ccccc1)C[C@H](C)C(=O)O. The number of carboxylic acid groups (broad SMARTS) is 1. The summed E-state index contributed by atoms with van der Waals surface area (Å²) in [6, 6.07) is 8.55. The number of hydrogen-bond acceptors (Lipinski definition) is 10. The summed E-state index contributed by atoms with van der Waals surface area (Å²) in [7, 11) is 3.74. The number of nitrogens with one attached hydrogen (secondary N) is 1. The van der Waals surface area contributed by atoms with Crippen LogP contribution in [0.25, 0.3) is 0 Å². The van der Waals surface area contributed by atoms with Gasteiger partial charge in [-0.1, -0.05) is 84.7 Å². The second kappa shape index (κ2) is 23.7. The number of benzene rings is 1. The molecule has 1 aliphatic heterocycles. The molecule has 1 aliphatic rings. The third-order valence-corrected chi connectivity index (χ3v) is 12.3. The maximum absolute atomic E-state index is 14.3.